The number of hydrogen-bond donors (Lipinski definition) is 0. The lowest BCUT2D eigenvalue weighted by molar-refractivity contribution is -0.00527. The van der Waals surface area contributed by atoms with Crippen molar-refractivity contribution in [2.75, 3.05) is 4.90 Å². The Bertz CT molecular complexity index is 4710. The zero-order valence-corrected chi connectivity index (χ0v) is 56.0. The second-order valence-electron chi connectivity index (χ2n) is 34.2. The first-order chi connectivity index (χ1) is 43.8. The zero-order valence-electron chi connectivity index (χ0n) is 55.1. The monoisotopic (exact) mass is 1200 g/mol. The first kappa shape index (κ1) is 55.5. The Morgan fingerprint density at radius 3 is 1.55 bits per heavy atom. The lowest BCUT2D eigenvalue weighted by atomic mass is 9.44. The zero-order chi connectivity index (χ0) is 61.4. The lowest BCUT2D eigenvalue weighted by Gasteiger charge is -2.57. The molecule has 0 unspecified atom stereocenters. The van der Waals surface area contributed by atoms with Crippen LogP contribution in [0.4, 0.5) is 17.1 Å². The molecule has 10 aliphatic rings. The van der Waals surface area contributed by atoms with E-state index < -0.39 is 0 Å². The molecule has 4 heteroatoms. The summed E-state index contributed by atoms with van der Waals surface area (Å²) >= 11 is 2.05. The number of rotatable bonds is 7. The highest BCUT2D eigenvalue weighted by molar-refractivity contribution is 7.26. The van der Waals surface area contributed by atoms with Gasteiger partial charge in [-0.2, -0.15) is 0 Å². The van der Waals surface area contributed by atoms with Crippen molar-refractivity contribution in [1.29, 1.82) is 0 Å². The van der Waals surface area contributed by atoms with Crippen molar-refractivity contribution in [3.8, 4) is 22.3 Å². The van der Waals surface area contributed by atoms with Crippen molar-refractivity contribution in [3.05, 3.63) is 220 Å². The van der Waals surface area contributed by atoms with E-state index in [1.165, 1.54) is 203 Å². The van der Waals surface area contributed by atoms with Crippen LogP contribution in [-0.2, 0) is 27.1 Å². The van der Waals surface area contributed by atoms with Crippen LogP contribution in [0.2, 0.25) is 0 Å². The summed E-state index contributed by atoms with van der Waals surface area (Å²) < 4.78 is 5.77. The van der Waals surface area contributed by atoms with Gasteiger partial charge in [-0.1, -0.05) is 184 Å². The Kier molecular flexibility index (Phi) is 11.7. The van der Waals surface area contributed by atoms with Gasteiger partial charge in [-0.15, -0.1) is 11.3 Å². The summed E-state index contributed by atoms with van der Waals surface area (Å²) in [6, 6.07) is 72.0. The fourth-order valence-corrected chi connectivity index (χ4v) is 23.0. The average Bonchev–Trinajstić information content (AvgIpc) is 1.61. The lowest BCUT2D eigenvalue weighted by Crippen LogP contribution is -2.57. The third-order valence-corrected chi connectivity index (χ3v) is 26.5. The van der Waals surface area contributed by atoms with Crippen LogP contribution >= 0.6 is 11.3 Å². The van der Waals surface area contributed by atoms with Gasteiger partial charge in [0.25, 0.3) is 0 Å². The molecule has 2 nitrogen and oxygen atoms in total. The highest BCUT2D eigenvalue weighted by atomic mass is 32.1. The van der Waals surface area contributed by atoms with Gasteiger partial charge < -0.3 is 9.38 Å². The van der Waals surface area contributed by atoms with E-state index >= 15 is 0 Å². The van der Waals surface area contributed by atoms with Gasteiger partial charge in [0.1, 0.15) is 0 Å². The molecule has 8 bridgehead atoms. The van der Waals surface area contributed by atoms with Crippen LogP contribution in [0.5, 0.6) is 0 Å². The quantitative estimate of drug-likeness (QED) is 0.114. The van der Waals surface area contributed by atoms with E-state index in [-0.39, 0.29) is 39.8 Å². The van der Waals surface area contributed by atoms with Crippen molar-refractivity contribution in [1.82, 2.24) is 4.48 Å². The molecular formula is C87H87BN2S. The van der Waals surface area contributed by atoms with Gasteiger partial charge in [-0.25, -0.2) is 0 Å². The molecule has 91 heavy (non-hydrogen) atoms. The maximum atomic E-state index is 2.95. The third kappa shape index (κ3) is 8.34. The largest absolute Gasteiger partial charge is 0.375 e. The van der Waals surface area contributed by atoms with E-state index in [4.69, 9.17) is 0 Å². The van der Waals surface area contributed by atoms with Crippen molar-refractivity contribution < 1.29 is 0 Å². The minimum Gasteiger partial charge on any atom is -0.375 e. The van der Waals surface area contributed by atoms with Gasteiger partial charge in [0.2, 0.25) is 0 Å². The summed E-state index contributed by atoms with van der Waals surface area (Å²) in [5, 5.41) is 5.75. The van der Waals surface area contributed by atoms with Crippen LogP contribution in [0.15, 0.2) is 176 Å². The maximum absolute atomic E-state index is 2.95. The molecule has 4 heterocycles. The number of nitrogens with zero attached hydrogens (tertiary/aromatic N) is 2. The summed E-state index contributed by atoms with van der Waals surface area (Å²) in [6.07, 6.45) is 16.9. The summed E-state index contributed by atoms with van der Waals surface area (Å²) in [7, 11) is 0. The Hall–Kier alpha value is -7.14. The molecule has 8 saturated carbocycles. The van der Waals surface area contributed by atoms with Crippen LogP contribution in [0.1, 0.15) is 190 Å². The van der Waals surface area contributed by atoms with Crippen molar-refractivity contribution >= 4 is 88.2 Å². The first-order valence-corrected chi connectivity index (χ1v) is 36.1. The normalized spacial score (nSPS) is 25.3. The molecule has 454 valence electrons. The van der Waals surface area contributed by atoms with Crippen LogP contribution in [-0.4, -0.2) is 11.3 Å². The molecule has 8 fully saturated rings. The van der Waals surface area contributed by atoms with Crippen molar-refractivity contribution in [2.24, 2.45) is 35.5 Å². The highest BCUT2D eigenvalue weighted by Gasteiger charge is 2.54. The van der Waals surface area contributed by atoms with E-state index in [2.05, 4.69) is 259 Å². The predicted molar refractivity (Wildman–Crippen MR) is 388 cm³/mol. The van der Waals surface area contributed by atoms with Crippen LogP contribution in [0.3, 0.4) is 0 Å². The van der Waals surface area contributed by atoms with Crippen LogP contribution in [0.25, 0.3) is 64.2 Å². The molecule has 2 aliphatic heterocycles. The molecule has 0 radical (unpaired) electrons. The van der Waals surface area contributed by atoms with Crippen LogP contribution in [0, 0.1) is 35.5 Å². The Balaban J connectivity index is 0.942. The fraction of sp³-hybridized carbons (Fsp3) is 0.379. The van der Waals surface area contributed by atoms with Crippen molar-refractivity contribution in [3.63, 3.8) is 0 Å². The first-order valence-electron chi connectivity index (χ1n) is 35.3. The Morgan fingerprint density at radius 1 is 0.429 bits per heavy atom. The minimum atomic E-state index is -0.102. The molecule has 0 spiro atoms. The smallest absolute Gasteiger partial charge is 0.333 e. The number of benzene rings is 9. The number of fused-ring (bicyclic) bond motifs is 11. The highest BCUT2D eigenvalue weighted by Crippen LogP contribution is 2.64. The molecule has 0 saturated heterocycles. The maximum Gasteiger partial charge on any atom is 0.333 e. The van der Waals surface area contributed by atoms with Gasteiger partial charge in [-0.05, 0) is 255 Å². The summed E-state index contributed by atoms with van der Waals surface area (Å²) in [4.78, 5) is 2.77. The van der Waals surface area contributed by atoms with Gasteiger partial charge in [0.05, 0.1) is 5.69 Å². The van der Waals surface area contributed by atoms with E-state index in [0.717, 1.165) is 35.5 Å². The van der Waals surface area contributed by atoms with E-state index in [0.29, 0.717) is 0 Å². The molecule has 11 aromatic rings. The van der Waals surface area contributed by atoms with E-state index in [9.17, 15) is 0 Å². The molecule has 0 amide bonds. The van der Waals surface area contributed by atoms with Crippen LogP contribution < -0.4 is 15.8 Å². The van der Waals surface area contributed by atoms with Gasteiger partial charge in [0, 0.05) is 76.0 Å². The molecule has 2 aromatic heterocycles. The molecule has 21 rings (SSSR count). The average molecular weight is 1200 g/mol. The van der Waals surface area contributed by atoms with E-state index in [1.54, 1.807) is 11.1 Å². The van der Waals surface area contributed by atoms with Crippen molar-refractivity contribution in [2.45, 2.75) is 172 Å². The number of hydrogen-bond acceptors (Lipinski definition) is 2. The topological polar surface area (TPSA) is 8.17 Å². The molecule has 0 N–H and O–H groups in total. The van der Waals surface area contributed by atoms with Gasteiger partial charge in [-0.3, -0.25) is 0 Å². The van der Waals surface area contributed by atoms with Gasteiger partial charge in [0.15, 0.2) is 0 Å². The third-order valence-electron chi connectivity index (χ3n) is 25.3. The SMILES string of the molecule is CC(C)(C)c1ccc(C(c2ccc(C(C)(C)C)cc2)c2ccc3c(c2)B2c4c(cc5c(sc6ccccc65)c4-c4cc(C56CC7CC(CC(C7)C5)C6)cc5c6cc(C78CC9CC(CC(C9)C7)C8)ccc6n2c45)N3c2ccc(C(C)(C)C)cc2-c2ccccc2)cc1. The Labute approximate surface area is 544 Å². The van der Waals surface area contributed by atoms with Gasteiger partial charge >= 0.3 is 6.85 Å². The minimum absolute atomic E-state index is 0.00153. The Morgan fingerprint density at radius 2 is 0.956 bits per heavy atom. The fourth-order valence-electron chi connectivity index (χ4n) is 21.8. The second-order valence-corrected chi connectivity index (χ2v) is 35.2. The summed E-state index contributed by atoms with van der Waals surface area (Å²) in [6.45, 7) is 21.1. The molecule has 9 aromatic carbocycles. The second kappa shape index (κ2) is 19.2. The molecule has 0 atom stereocenters. The predicted octanol–water partition coefficient (Wildman–Crippen LogP) is 22.3. The number of thiophene rings is 1. The molecular weight excluding hydrogens is 1120 g/mol. The summed E-state index contributed by atoms with van der Waals surface area (Å²) in [5.74, 6) is 5.21. The molecule has 8 aliphatic carbocycles. The van der Waals surface area contributed by atoms with E-state index in [1.807, 2.05) is 0 Å². The number of anilines is 3. The summed E-state index contributed by atoms with van der Waals surface area (Å²) in [5.41, 5.74) is 26.9. The number of aromatic nitrogens is 1. The standard InChI is InChI=1S/C87H87BN2S/c1-83(2,3)61-24-19-58(20-25-61)78(59-21-26-62(27-22-59)84(4,5)6)60-23-30-75-72(39-60)88-80-76(89(75)73-31-28-63(85(7,8)9)40-67(73)57-15-11-10-12-16-57)44-70-66-17-13-14-18-77(66)91-82(70)79(80)71-43-65(87-48-54-36-55(49-87)38-56(37-54)50-87)42-69-68-41-64(29-32-74(68)90(88)81(69)71)86-45-51-33-52(46-86)35-53(34-51)47-86/h10-32,39-44,51-56,78H,33-38,45-50H2,1-9H3.